The Kier molecular flexibility index (Phi) is 1.11. The predicted molar refractivity (Wildman–Crippen MR) is 26.8 cm³/mol. The van der Waals surface area contributed by atoms with E-state index in [9.17, 15) is 0 Å². The molecule has 0 aromatic rings. The third-order valence-corrected chi connectivity index (χ3v) is 0.330. The molecule has 1 nitrogen and oxygen atoms in total. The van der Waals surface area contributed by atoms with Gasteiger partial charge in [-0.2, -0.15) is 0 Å². The van der Waals surface area contributed by atoms with Crippen molar-refractivity contribution in [3.63, 3.8) is 0 Å². The van der Waals surface area contributed by atoms with Crippen LogP contribution in [-0.2, 0) is 0 Å². The number of nitrogens with two attached hydrogens (primary N) is 1. The lowest BCUT2D eigenvalue weighted by Gasteiger charge is -1.95. The van der Waals surface area contributed by atoms with Crippen molar-refractivity contribution in [2.24, 2.45) is 5.73 Å². The van der Waals surface area contributed by atoms with E-state index in [0.717, 1.165) is 0 Å². The summed E-state index contributed by atoms with van der Waals surface area (Å²) in [6.07, 6.45) is 4.87. The highest BCUT2D eigenvalue weighted by molar-refractivity contribution is 5.09. The summed E-state index contributed by atoms with van der Waals surface area (Å²) >= 11 is 0. The predicted octanol–water partition coefficient (Wildman–Crippen LogP) is 0.171. The second-order valence-electron chi connectivity index (χ2n) is 1.56. The van der Waals surface area contributed by atoms with Crippen LogP contribution >= 0.6 is 0 Å². The molecular weight excluding hydrogens is 74.1 g/mol. The van der Waals surface area contributed by atoms with Crippen LogP contribution < -0.4 is 5.73 Å². The Balaban J connectivity index is 3.55. The van der Waals surface area contributed by atoms with Crippen LogP contribution in [0.1, 0.15) is 6.92 Å². The monoisotopic (exact) mass is 82.1 g/mol. The maximum absolute atomic E-state index is 5.19. The molecule has 0 amide bonds. The molecule has 1 atom stereocenters. The lowest BCUT2D eigenvalue weighted by atomic mass is 10.1. The van der Waals surface area contributed by atoms with Gasteiger partial charge in [-0.3, -0.25) is 5.73 Å². The maximum atomic E-state index is 5.19. The Morgan fingerprint density at radius 2 is 2.17 bits per heavy atom. The van der Waals surface area contributed by atoms with E-state index in [-0.39, 0.29) is 0 Å². The summed E-state index contributed by atoms with van der Waals surface area (Å²) in [6.45, 7) is 5.10. The summed E-state index contributed by atoms with van der Waals surface area (Å²) in [5.74, 6) is 2.27. The number of rotatable bonds is 0. The summed E-state index contributed by atoms with van der Waals surface area (Å²) in [5.41, 5.74) is 4.51. The van der Waals surface area contributed by atoms with Gasteiger partial charge in [0.2, 0.25) is 5.54 Å². The van der Waals surface area contributed by atoms with Gasteiger partial charge in [-0.05, 0) is 5.92 Å². The van der Waals surface area contributed by atoms with Crippen molar-refractivity contribution < 1.29 is 0 Å². The van der Waals surface area contributed by atoms with Gasteiger partial charge in [-0.15, -0.1) is 6.42 Å². The Labute approximate surface area is 38.5 Å². The average molecular weight is 82.1 g/mol. The molecule has 0 heterocycles. The van der Waals surface area contributed by atoms with E-state index >= 15 is 0 Å². The Morgan fingerprint density at radius 3 is 2.17 bits per heavy atom. The quantitative estimate of drug-likeness (QED) is 0.327. The summed E-state index contributed by atoms with van der Waals surface area (Å²) in [5, 5.41) is 0. The van der Waals surface area contributed by atoms with Crippen LogP contribution in [0.15, 0.2) is 0 Å². The minimum atomic E-state index is -0.681. The molecule has 0 saturated carbocycles. The lowest BCUT2D eigenvalue weighted by Crippen LogP contribution is -2.29. The Morgan fingerprint density at radius 1 is 2.00 bits per heavy atom. The molecule has 0 fully saturated rings. The highest BCUT2D eigenvalue weighted by Crippen LogP contribution is 1.87. The maximum Gasteiger partial charge on any atom is 0.212 e. The number of hydrogen-bond acceptors (Lipinski definition) is 1. The van der Waals surface area contributed by atoms with Crippen molar-refractivity contribution in [1.29, 1.82) is 0 Å². The normalized spacial score (nSPS) is 18.2. The SMILES string of the molecule is C#CC([CH2+])(C)N. The first-order valence-electron chi connectivity index (χ1n) is 1.68. The zero-order valence-corrected chi connectivity index (χ0v) is 3.86. The fourth-order valence-corrected chi connectivity index (χ4v) is 0. The van der Waals surface area contributed by atoms with Crippen molar-refractivity contribution >= 4 is 0 Å². The summed E-state index contributed by atoms with van der Waals surface area (Å²) in [6, 6.07) is 0. The van der Waals surface area contributed by atoms with Crippen molar-refractivity contribution in [1.82, 2.24) is 0 Å². The van der Waals surface area contributed by atoms with E-state index in [0.29, 0.717) is 0 Å². The van der Waals surface area contributed by atoms with E-state index in [1.807, 2.05) is 0 Å². The molecule has 1 heteroatoms. The van der Waals surface area contributed by atoms with Gasteiger partial charge in [0.05, 0.1) is 6.92 Å². The fraction of sp³-hybridized carbons (Fsp3) is 0.400. The van der Waals surface area contributed by atoms with Crippen molar-refractivity contribution in [3.05, 3.63) is 6.92 Å². The Bertz CT molecular complexity index is 70.9. The topological polar surface area (TPSA) is 26.0 Å². The van der Waals surface area contributed by atoms with E-state index < -0.39 is 5.54 Å². The second kappa shape index (κ2) is 1.24. The molecule has 0 saturated heterocycles. The number of terminal acetylenes is 1. The third-order valence-electron chi connectivity index (χ3n) is 0.330. The van der Waals surface area contributed by atoms with Gasteiger partial charge >= 0.3 is 0 Å². The van der Waals surface area contributed by atoms with Gasteiger partial charge in [0.15, 0.2) is 0 Å². The van der Waals surface area contributed by atoms with E-state index in [1.54, 1.807) is 6.92 Å². The molecule has 0 rings (SSSR count). The summed E-state index contributed by atoms with van der Waals surface area (Å²) in [7, 11) is 0. The van der Waals surface area contributed by atoms with Crippen LogP contribution in [0, 0.1) is 19.3 Å². The first-order chi connectivity index (χ1) is 2.56. The van der Waals surface area contributed by atoms with Crippen molar-refractivity contribution in [2.45, 2.75) is 12.5 Å². The molecule has 2 N–H and O–H groups in total. The molecule has 0 aliphatic heterocycles. The molecule has 0 spiro atoms. The molecule has 0 aliphatic carbocycles. The third kappa shape index (κ3) is 3.39. The largest absolute Gasteiger partial charge is 0.278 e. The molecule has 0 bridgehead atoms. The Hall–Kier alpha value is -0.610. The molecule has 32 valence electrons. The standard InChI is InChI=1S/C5H8N/c1-4-5(2,3)6/h1H,2,6H2,3H3/q+1. The number of hydrogen-bond donors (Lipinski definition) is 1. The summed E-state index contributed by atoms with van der Waals surface area (Å²) < 4.78 is 0. The first kappa shape index (κ1) is 5.39. The molecule has 0 aromatic carbocycles. The van der Waals surface area contributed by atoms with Crippen LogP contribution in [0.5, 0.6) is 0 Å². The van der Waals surface area contributed by atoms with Gasteiger partial charge < -0.3 is 0 Å². The average Bonchev–Trinajstić information content (AvgIpc) is 1.35. The van der Waals surface area contributed by atoms with E-state index in [4.69, 9.17) is 12.2 Å². The zero-order valence-electron chi connectivity index (χ0n) is 3.86. The van der Waals surface area contributed by atoms with E-state index in [2.05, 4.69) is 12.8 Å². The van der Waals surface area contributed by atoms with Crippen molar-refractivity contribution in [2.75, 3.05) is 0 Å². The molecule has 0 aliphatic rings. The molecular formula is C5H8N+. The van der Waals surface area contributed by atoms with Gasteiger partial charge in [0.25, 0.3) is 0 Å². The van der Waals surface area contributed by atoms with Crippen LogP contribution in [-0.4, -0.2) is 5.54 Å². The zero-order chi connectivity index (χ0) is 5.21. The van der Waals surface area contributed by atoms with Crippen LogP contribution in [0.4, 0.5) is 0 Å². The van der Waals surface area contributed by atoms with Gasteiger partial charge in [-0.1, -0.05) is 0 Å². The van der Waals surface area contributed by atoms with Gasteiger partial charge in [-0.25, -0.2) is 0 Å². The molecule has 6 heavy (non-hydrogen) atoms. The highest BCUT2D eigenvalue weighted by atomic mass is 14.7. The molecule has 0 radical (unpaired) electrons. The smallest absolute Gasteiger partial charge is 0.212 e. The second-order valence-corrected chi connectivity index (χ2v) is 1.56. The van der Waals surface area contributed by atoms with E-state index in [1.165, 1.54) is 0 Å². The highest BCUT2D eigenvalue weighted by Gasteiger charge is 2.11. The first-order valence-corrected chi connectivity index (χ1v) is 1.68. The van der Waals surface area contributed by atoms with Gasteiger partial charge in [0, 0.05) is 6.92 Å². The minimum Gasteiger partial charge on any atom is -0.278 e. The van der Waals surface area contributed by atoms with Crippen LogP contribution in [0.25, 0.3) is 0 Å². The van der Waals surface area contributed by atoms with Crippen LogP contribution in [0.2, 0.25) is 0 Å². The lowest BCUT2D eigenvalue weighted by molar-refractivity contribution is 0.760. The minimum absolute atomic E-state index is 0.681. The fourth-order valence-electron chi connectivity index (χ4n) is 0. The van der Waals surface area contributed by atoms with Gasteiger partial charge in [0.1, 0.15) is 0 Å². The molecule has 1 unspecified atom stereocenters. The summed E-state index contributed by atoms with van der Waals surface area (Å²) in [4.78, 5) is 0. The molecule has 0 aromatic heterocycles. The van der Waals surface area contributed by atoms with Crippen molar-refractivity contribution in [3.8, 4) is 12.3 Å². The van der Waals surface area contributed by atoms with Crippen LogP contribution in [0.3, 0.4) is 0 Å².